The van der Waals surface area contributed by atoms with Crippen LogP contribution in [0.25, 0.3) is 0 Å². The summed E-state index contributed by atoms with van der Waals surface area (Å²) in [5.74, 6) is -2.57. The van der Waals surface area contributed by atoms with E-state index in [1.54, 1.807) is 0 Å². The molecule has 123 valence electrons. The summed E-state index contributed by atoms with van der Waals surface area (Å²) in [5, 5.41) is 19.3. The van der Waals surface area contributed by atoms with Crippen molar-refractivity contribution in [2.24, 2.45) is 0 Å². The molecule has 0 unspecified atom stereocenters. The van der Waals surface area contributed by atoms with Gasteiger partial charge in [0.15, 0.2) is 0 Å². The Hall–Kier alpha value is -1.76. The second-order valence-electron chi connectivity index (χ2n) is 3.15. The normalized spacial score (nSPS) is 6.95. The van der Waals surface area contributed by atoms with E-state index in [0.717, 1.165) is 0 Å². The maximum Gasteiger partial charge on any atom is 2.00 e. The number of carboxylic acids is 2. The number of rotatable bonds is 6. The van der Waals surface area contributed by atoms with Crippen LogP contribution in [0.5, 0.6) is 0 Å². The molecule has 0 aliphatic carbocycles. The third-order valence-corrected chi connectivity index (χ3v) is 1.36. The van der Waals surface area contributed by atoms with Gasteiger partial charge in [-0.15, -0.1) is 0 Å². The summed E-state index contributed by atoms with van der Waals surface area (Å²) in [6.07, 6.45) is -0.144. The number of hydrogen-bond acceptors (Lipinski definition) is 8. The smallest absolute Gasteiger partial charge is 0.550 e. The van der Waals surface area contributed by atoms with Gasteiger partial charge in [0.05, 0.1) is 0 Å². The van der Waals surface area contributed by atoms with E-state index in [1.165, 1.54) is 13.8 Å². The molecule has 0 aliphatic heterocycles. The van der Waals surface area contributed by atoms with Crippen molar-refractivity contribution in [3.63, 3.8) is 0 Å². The molecule has 9 heteroatoms. The predicted octanol–water partition coefficient (Wildman–Crippen LogP) is -2.16. The van der Waals surface area contributed by atoms with Gasteiger partial charge in [-0.1, -0.05) is 0 Å². The van der Waals surface area contributed by atoms with Gasteiger partial charge in [-0.25, -0.2) is 0 Å². The predicted molar refractivity (Wildman–Crippen MR) is 64.1 cm³/mol. The zero-order chi connectivity index (χ0) is 17.1. The van der Waals surface area contributed by atoms with Crippen molar-refractivity contribution >= 4 is 37.1 Å². The number of hydrogen-bond donors (Lipinski definition) is 0. The van der Waals surface area contributed by atoms with Crippen LogP contribution in [-0.2, 0) is 48.2 Å². The van der Waals surface area contributed by atoms with Crippen molar-refractivity contribution in [1.82, 2.24) is 0 Å². The first-order valence-corrected chi connectivity index (χ1v) is 5.22. The number of carboxylic acid groups (broad SMARTS) is 2. The van der Waals surface area contributed by atoms with Gasteiger partial charge in [-0.3, -0.25) is 0 Å². The van der Waals surface area contributed by atoms with Crippen LogP contribution in [0.2, 0.25) is 0 Å². The molecule has 8 nitrogen and oxygen atoms in total. The Morgan fingerprint density at radius 2 is 0.857 bits per heavy atom. The van der Waals surface area contributed by atoms with Crippen molar-refractivity contribution < 1.29 is 58.5 Å². The van der Waals surface area contributed by atoms with E-state index in [9.17, 15) is 29.4 Å². The molecule has 0 aromatic carbocycles. The van der Waals surface area contributed by atoms with Crippen molar-refractivity contribution in [2.45, 2.75) is 39.5 Å². The van der Waals surface area contributed by atoms with Gasteiger partial charge in [-0.05, 0) is 26.7 Å². The molecule has 0 N–H and O–H groups in total. The molecule has 0 saturated carbocycles. The third kappa shape index (κ3) is 70.8. The van der Waals surface area contributed by atoms with Crippen LogP contribution >= 0.6 is 0 Å². The van der Waals surface area contributed by atoms with Crippen LogP contribution in [-0.4, -0.2) is 37.1 Å². The van der Waals surface area contributed by atoms with Crippen molar-refractivity contribution in [3.05, 3.63) is 0 Å². The SMILES string of the molecule is C=O.C=O.CC(=O)CCC(=O)[O-].CC(=O)CCC(=O)[O-].[Rh+2]. The fourth-order valence-corrected chi connectivity index (χ4v) is 0.556. The average molecular weight is 393 g/mol. The summed E-state index contributed by atoms with van der Waals surface area (Å²) in [7, 11) is 0. The molecular formula is C12H18O8Rh. The summed E-state index contributed by atoms with van der Waals surface area (Å²) in [6, 6.07) is 0. The van der Waals surface area contributed by atoms with E-state index < -0.39 is 11.9 Å². The van der Waals surface area contributed by atoms with Crippen LogP contribution in [0, 0.1) is 0 Å². The van der Waals surface area contributed by atoms with E-state index >= 15 is 0 Å². The molecule has 0 aromatic rings. The minimum absolute atomic E-state index is 0. The first kappa shape index (κ1) is 31.6. The number of Topliss-reactive ketones (excluding diaryl/α,β-unsaturated/α-hetero) is 2. The quantitative estimate of drug-likeness (QED) is 0.463. The van der Waals surface area contributed by atoms with Crippen LogP contribution < -0.4 is 10.2 Å². The standard InChI is InChI=1S/2C5H8O3.2CH2O.Rh/c2*1-4(6)2-3-5(7)8;2*1-2;/h2*2-3H2,1H3,(H,7,8);2*1H2;/q;;;;+2/p-2. The molecule has 21 heavy (non-hydrogen) atoms. The second kappa shape index (κ2) is 26.7. The van der Waals surface area contributed by atoms with Gasteiger partial charge in [0.1, 0.15) is 25.1 Å². The molecule has 0 atom stereocenters. The summed E-state index contributed by atoms with van der Waals surface area (Å²) >= 11 is 0. The van der Waals surface area contributed by atoms with Crippen LogP contribution in [0.3, 0.4) is 0 Å². The molecule has 0 rings (SSSR count). The molecule has 1 radical (unpaired) electrons. The Kier molecular flexibility index (Phi) is 40.2. The summed E-state index contributed by atoms with van der Waals surface area (Å²) in [5.41, 5.74) is 0. The molecule has 0 spiro atoms. The Balaban J connectivity index is -0.0000000630. The summed E-state index contributed by atoms with van der Waals surface area (Å²) < 4.78 is 0. The minimum atomic E-state index is -1.17. The Morgan fingerprint density at radius 1 is 0.667 bits per heavy atom. The van der Waals surface area contributed by atoms with Crippen LogP contribution in [0.4, 0.5) is 0 Å². The molecule has 0 fully saturated rings. The molecule has 0 amide bonds. The zero-order valence-electron chi connectivity index (χ0n) is 11.8. The van der Waals surface area contributed by atoms with Crippen molar-refractivity contribution in [2.75, 3.05) is 0 Å². The molecule has 0 heterocycles. The largest absolute Gasteiger partial charge is 2.00 e. The summed E-state index contributed by atoms with van der Waals surface area (Å²) in [6.45, 7) is 6.70. The number of ketones is 2. The third-order valence-electron chi connectivity index (χ3n) is 1.36. The van der Waals surface area contributed by atoms with E-state index in [4.69, 9.17) is 9.59 Å². The molecule has 0 aromatic heterocycles. The van der Waals surface area contributed by atoms with Crippen molar-refractivity contribution in [1.29, 1.82) is 0 Å². The van der Waals surface area contributed by atoms with Crippen LogP contribution in [0.1, 0.15) is 39.5 Å². The van der Waals surface area contributed by atoms with E-state index in [2.05, 4.69) is 0 Å². The first-order chi connectivity index (χ1) is 9.25. The average Bonchev–Trinajstić information content (AvgIpc) is 2.39. The first-order valence-electron chi connectivity index (χ1n) is 5.22. The number of aliphatic carboxylic acids is 2. The van der Waals surface area contributed by atoms with E-state index in [0.29, 0.717) is 0 Å². The van der Waals surface area contributed by atoms with Gasteiger partial charge in [0, 0.05) is 24.8 Å². The van der Waals surface area contributed by atoms with Gasteiger partial charge in [-0.2, -0.15) is 0 Å². The van der Waals surface area contributed by atoms with Gasteiger partial charge < -0.3 is 39.0 Å². The van der Waals surface area contributed by atoms with E-state index in [-0.39, 0.29) is 56.7 Å². The van der Waals surface area contributed by atoms with Crippen LogP contribution in [0.15, 0.2) is 0 Å². The fourth-order valence-electron chi connectivity index (χ4n) is 0.556. The maximum atomic E-state index is 10.1. The molecular weight excluding hydrogens is 375 g/mol. The Morgan fingerprint density at radius 3 is 0.905 bits per heavy atom. The molecule has 0 bridgehead atoms. The Labute approximate surface area is 135 Å². The zero-order valence-corrected chi connectivity index (χ0v) is 13.5. The van der Waals surface area contributed by atoms with Crippen molar-refractivity contribution in [3.8, 4) is 0 Å². The topological polar surface area (TPSA) is 149 Å². The Bertz CT molecular complexity index is 246. The fraction of sp³-hybridized carbons (Fsp3) is 0.500. The summed E-state index contributed by atoms with van der Waals surface area (Å²) in [4.78, 5) is 55.4. The molecule has 0 saturated heterocycles. The van der Waals surface area contributed by atoms with E-state index in [1.807, 2.05) is 13.6 Å². The molecule has 0 aliphatic rings. The monoisotopic (exact) mass is 393 g/mol. The second-order valence-corrected chi connectivity index (χ2v) is 3.15. The van der Waals surface area contributed by atoms with Gasteiger partial charge >= 0.3 is 19.5 Å². The minimum Gasteiger partial charge on any atom is -0.550 e. The van der Waals surface area contributed by atoms with Gasteiger partial charge in [0.2, 0.25) is 0 Å². The number of carbonyl (C=O) groups excluding carboxylic acids is 6. The number of carbonyl (C=O) groups is 6. The maximum absolute atomic E-state index is 10.1. The van der Waals surface area contributed by atoms with Gasteiger partial charge in [0.25, 0.3) is 0 Å².